The van der Waals surface area contributed by atoms with Crippen LogP contribution < -0.4 is 0 Å². The maximum absolute atomic E-state index is 12.3. The van der Waals surface area contributed by atoms with Gasteiger partial charge in [0.25, 0.3) is 0 Å². The minimum Gasteiger partial charge on any atom is -0.293 e. The number of rotatable bonds is 3. The highest BCUT2D eigenvalue weighted by Gasteiger charge is 2.17. The van der Waals surface area contributed by atoms with E-state index in [0.29, 0.717) is 0 Å². The summed E-state index contributed by atoms with van der Waals surface area (Å²) in [5, 5.41) is 0. The van der Waals surface area contributed by atoms with Crippen LogP contribution in [0.25, 0.3) is 11.1 Å². The second kappa shape index (κ2) is 5.46. The molecule has 92 valence electrons. The Morgan fingerprint density at radius 1 is 1.06 bits per heavy atom. The van der Waals surface area contributed by atoms with Crippen molar-refractivity contribution < 1.29 is 4.79 Å². The van der Waals surface area contributed by atoms with Crippen molar-refractivity contribution in [1.29, 1.82) is 0 Å². The van der Waals surface area contributed by atoms with E-state index in [1.807, 2.05) is 62.4 Å². The molecule has 1 nitrogen and oxygen atoms in total. The lowest BCUT2D eigenvalue weighted by molar-refractivity contribution is 0.0993. The van der Waals surface area contributed by atoms with E-state index in [1.165, 1.54) is 0 Å². The normalized spacial score (nSPS) is 12.2. The number of ketones is 1. The van der Waals surface area contributed by atoms with Crippen molar-refractivity contribution in [2.45, 2.75) is 19.5 Å². The average molecular weight is 256 g/mol. The summed E-state index contributed by atoms with van der Waals surface area (Å²) in [6.07, 6.45) is 0. The summed E-state index contributed by atoms with van der Waals surface area (Å²) in [5.41, 5.74) is 3.93. The molecule has 2 atom stereocenters. The fourth-order valence-electron chi connectivity index (χ4n) is 2.08. The molecule has 2 heteroatoms. The first-order valence-electron chi connectivity index (χ1n) is 6.06. The molecule has 2 rings (SSSR count). The van der Waals surface area contributed by atoms with Gasteiger partial charge >= 0.3 is 0 Å². The molecule has 2 unspecified atom stereocenters. The smallest absolute Gasteiger partial charge is 0.170 e. The largest absolute Gasteiger partial charge is 0.293 e. The van der Waals surface area contributed by atoms with E-state index in [9.17, 15) is 4.79 Å². The van der Waals surface area contributed by atoms with Crippen LogP contribution in [0.2, 0.25) is 0 Å². The fourth-order valence-corrected chi connectivity index (χ4v) is 2.25. The van der Waals surface area contributed by atoms with E-state index < -0.39 is 0 Å². The number of Topliss-reactive ketones (excluding diaryl/α,β-unsaturated/α-hetero) is 1. The van der Waals surface area contributed by atoms with Crippen LogP contribution in [0.4, 0.5) is 0 Å². The first-order chi connectivity index (χ1) is 8.61. The van der Waals surface area contributed by atoms with Gasteiger partial charge in [0.15, 0.2) is 5.78 Å². The Balaban J connectivity index is 2.62. The standard InChI is InChI=1S/C16H17OP/c1-11-7-6-10-14(13-8-4-3-5-9-13)15(11)16(17)12(2)18/h3-10,12H,18H2,1-2H3. The maximum atomic E-state index is 12.3. The summed E-state index contributed by atoms with van der Waals surface area (Å²) in [4.78, 5) is 12.3. The predicted molar refractivity (Wildman–Crippen MR) is 80.1 cm³/mol. The van der Waals surface area contributed by atoms with Crippen LogP contribution in [0.3, 0.4) is 0 Å². The van der Waals surface area contributed by atoms with E-state index >= 15 is 0 Å². The number of benzene rings is 2. The van der Waals surface area contributed by atoms with Crippen molar-refractivity contribution >= 4 is 15.0 Å². The van der Waals surface area contributed by atoms with E-state index in [-0.39, 0.29) is 11.4 Å². The third-order valence-electron chi connectivity index (χ3n) is 3.02. The molecule has 0 aliphatic carbocycles. The molecular weight excluding hydrogens is 239 g/mol. The van der Waals surface area contributed by atoms with Gasteiger partial charge in [0.1, 0.15) is 0 Å². The van der Waals surface area contributed by atoms with Crippen LogP contribution in [-0.2, 0) is 0 Å². The van der Waals surface area contributed by atoms with E-state index in [4.69, 9.17) is 0 Å². The van der Waals surface area contributed by atoms with Crippen molar-refractivity contribution in [3.8, 4) is 11.1 Å². The minimum absolute atomic E-state index is 0.0615. The first kappa shape index (κ1) is 13.0. The Labute approximate surface area is 110 Å². The van der Waals surface area contributed by atoms with Gasteiger partial charge in [-0.05, 0) is 23.6 Å². The zero-order chi connectivity index (χ0) is 13.1. The van der Waals surface area contributed by atoms with Crippen molar-refractivity contribution in [3.63, 3.8) is 0 Å². The van der Waals surface area contributed by atoms with Gasteiger partial charge in [0.05, 0.1) is 0 Å². The number of carbonyl (C=O) groups excluding carboxylic acids is 1. The SMILES string of the molecule is Cc1cccc(-c2ccccc2)c1C(=O)C(C)P. The Morgan fingerprint density at radius 2 is 1.72 bits per heavy atom. The molecule has 2 aromatic rings. The molecule has 0 amide bonds. The zero-order valence-corrected chi connectivity index (χ0v) is 11.8. The predicted octanol–water partition coefficient (Wildman–Crippen LogP) is 4.11. The van der Waals surface area contributed by atoms with Gasteiger partial charge in [-0.15, -0.1) is 9.24 Å². The van der Waals surface area contributed by atoms with Crippen LogP contribution in [-0.4, -0.2) is 11.4 Å². The maximum Gasteiger partial charge on any atom is 0.170 e. The molecule has 0 heterocycles. The lowest BCUT2D eigenvalue weighted by atomic mass is 9.92. The monoisotopic (exact) mass is 256 g/mol. The molecule has 0 aliphatic heterocycles. The Kier molecular flexibility index (Phi) is 3.93. The van der Waals surface area contributed by atoms with Gasteiger partial charge in [-0.1, -0.05) is 55.5 Å². The van der Waals surface area contributed by atoms with E-state index in [2.05, 4.69) is 9.24 Å². The van der Waals surface area contributed by atoms with Crippen LogP contribution >= 0.6 is 9.24 Å². The van der Waals surface area contributed by atoms with Gasteiger partial charge in [0, 0.05) is 11.2 Å². The number of hydrogen-bond acceptors (Lipinski definition) is 1. The molecule has 18 heavy (non-hydrogen) atoms. The van der Waals surface area contributed by atoms with Crippen molar-refractivity contribution in [3.05, 3.63) is 59.7 Å². The quantitative estimate of drug-likeness (QED) is 0.596. The van der Waals surface area contributed by atoms with Crippen molar-refractivity contribution in [1.82, 2.24) is 0 Å². The molecule has 0 bridgehead atoms. The summed E-state index contributed by atoms with van der Waals surface area (Å²) in [6.45, 7) is 3.90. The van der Waals surface area contributed by atoms with Gasteiger partial charge in [-0.25, -0.2) is 0 Å². The molecule has 0 spiro atoms. The van der Waals surface area contributed by atoms with Gasteiger partial charge in [0.2, 0.25) is 0 Å². The summed E-state index contributed by atoms with van der Waals surface area (Å²) >= 11 is 0. The van der Waals surface area contributed by atoms with Crippen molar-refractivity contribution in [2.24, 2.45) is 0 Å². The van der Waals surface area contributed by atoms with E-state index in [1.54, 1.807) is 0 Å². The summed E-state index contributed by atoms with van der Waals surface area (Å²) in [6, 6.07) is 16.1. The third kappa shape index (κ3) is 2.52. The highest BCUT2D eigenvalue weighted by atomic mass is 31.0. The molecule has 0 fully saturated rings. The average Bonchev–Trinajstić information content (AvgIpc) is 2.38. The number of aryl methyl sites for hydroxylation is 1. The topological polar surface area (TPSA) is 17.1 Å². The molecule has 0 aromatic heterocycles. The molecule has 2 aromatic carbocycles. The lowest BCUT2D eigenvalue weighted by Gasteiger charge is -2.13. The Morgan fingerprint density at radius 3 is 2.33 bits per heavy atom. The minimum atomic E-state index is -0.0615. The highest BCUT2D eigenvalue weighted by Crippen LogP contribution is 2.28. The second-order valence-corrected chi connectivity index (χ2v) is 5.52. The van der Waals surface area contributed by atoms with Crippen LogP contribution in [0, 0.1) is 6.92 Å². The molecular formula is C16H17OP. The highest BCUT2D eigenvalue weighted by molar-refractivity contribution is 7.19. The second-order valence-electron chi connectivity index (χ2n) is 4.52. The Hall–Kier alpha value is -1.46. The van der Waals surface area contributed by atoms with E-state index in [0.717, 1.165) is 22.3 Å². The van der Waals surface area contributed by atoms with Gasteiger partial charge in [-0.3, -0.25) is 4.79 Å². The molecule has 0 aliphatic rings. The number of carbonyl (C=O) groups is 1. The van der Waals surface area contributed by atoms with Crippen LogP contribution in [0.5, 0.6) is 0 Å². The molecule has 0 N–H and O–H groups in total. The fraction of sp³-hybridized carbons (Fsp3) is 0.188. The van der Waals surface area contributed by atoms with Gasteiger partial charge in [-0.2, -0.15) is 0 Å². The van der Waals surface area contributed by atoms with Crippen molar-refractivity contribution in [2.75, 3.05) is 0 Å². The van der Waals surface area contributed by atoms with Crippen LogP contribution in [0.1, 0.15) is 22.8 Å². The number of hydrogen-bond donors (Lipinski definition) is 0. The van der Waals surface area contributed by atoms with Gasteiger partial charge < -0.3 is 0 Å². The summed E-state index contributed by atoms with van der Waals surface area (Å²) in [5.74, 6) is 0.178. The van der Waals surface area contributed by atoms with Crippen LogP contribution in [0.15, 0.2) is 48.5 Å². The lowest BCUT2D eigenvalue weighted by Crippen LogP contribution is -2.13. The summed E-state index contributed by atoms with van der Waals surface area (Å²) < 4.78 is 0. The zero-order valence-electron chi connectivity index (χ0n) is 10.7. The first-order valence-corrected chi connectivity index (χ1v) is 6.72. The summed E-state index contributed by atoms with van der Waals surface area (Å²) in [7, 11) is 2.58. The third-order valence-corrected chi connectivity index (χ3v) is 3.32. The molecule has 0 saturated heterocycles. The Bertz CT molecular complexity index is 559. The molecule has 0 radical (unpaired) electrons. The molecule has 0 saturated carbocycles.